The number of pyridine rings is 1. The highest BCUT2D eigenvalue weighted by Crippen LogP contribution is 2.34. The molecule has 0 saturated heterocycles. The summed E-state index contributed by atoms with van der Waals surface area (Å²) in [6, 6.07) is 0.721. The number of thioether (sulfide) groups is 1. The normalized spacial score (nSPS) is 12.7. The first-order chi connectivity index (χ1) is 10.6. The molecule has 0 fully saturated rings. The number of alkyl halides is 6. The van der Waals surface area contributed by atoms with Gasteiger partial charge in [0.1, 0.15) is 17.4 Å². The summed E-state index contributed by atoms with van der Waals surface area (Å²) in [4.78, 5) is 7.39. The van der Waals surface area contributed by atoms with E-state index in [0.29, 0.717) is 6.20 Å². The average Bonchev–Trinajstić information content (AvgIpc) is 2.81. The van der Waals surface area contributed by atoms with Gasteiger partial charge in [-0.05, 0) is 6.07 Å². The van der Waals surface area contributed by atoms with Crippen molar-refractivity contribution >= 4 is 23.4 Å². The predicted molar refractivity (Wildman–Crippen MR) is 72.1 cm³/mol. The third-order valence-electron chi connectivity index (χ3n) is 2.62. The van der Waals surface area contributed by atoms with Gasteiger partial charge in [-0.15, -0.1) is 0 Å². The van der Waals surface area contributed by atoms with Crippen LogP contribution in [0.25, 0.3) is 0 Å². The molecule has 2 rings (SSSR count). The number of rotatable bonds is 4. The molecule has 2 aromatic rings. The van der Waals surface area contributed by atoms with Crippen molar-refractivity contribution in [1.82, 2.24) is 14.5 Å². The van der Waals surface area contributed by atoms with Crippen molar-refractivity contribution in [3.8, 4) is 0 Å². The van der Waals surface area contributed by atoms with E-state index in [1.54, 1.807) is 0 Å². The SMILES string of the molecule is FC(F)(F)Cn1ccnc1CSc1ncc(C(F)(F)F)cc1Cl. The standard InChI is InChI=1S/C12H8ClF6N3S/c13-8-3-7(12(17,18)19)4-21-10(8)23-5-9-20-1-2-22(9)6-11(14,15)16/h1-4H,5-6H2. The van der Waals surface area contributed by atoms with Gasteiger partial charge in [-0.25, -0.2) is 9.97 Å². The van der Waals surface area contributed by atoms with E-state index in [4.69, 9.17) is 11.6 Å². The van der Waals surface area contributed by atoms with E-state index in [9.17, 15) is 26.3 Å². The van der Waals surface area contributed by atoms with Crippen molar-refractivity contribution in [2.75, 3.05) is 0 Å². The van der Waals surface area contributed by atoms with Crippen LogP contribution in [-0.2, 0) is 18.5 Å². The number of halogens is 7. The first kappa shape index (κ1) is 17.9. The van der Waals surface area contributed by atoms with Gasteiger partial charge in [0.25, 0.3) is 0 Å². The molecule has 2 aromatic heterocycles. The molecule has 0 saturated carbocycles. The maximum atomic E-state index is 12.5. The van der Waals surface area contributed by atoms with Gasteiger partial charge < -0.3 is 4.57 Å². The number of nitrogens with zero attached hydrogens (tertiary/aromatic N) is 3. The number of hydrogen-bond acceptors (Lipinski definition) is 3. The van der Waals surface area contributed by atoms with E-state index in [-0.39, 0.29) is 21.6 Å². The van der Waals surface area contributed by atoms with E-state index in [1.807, 2.05) is 0 Å². The second-order valence-electron chi connectivity index (χ2n) is 4.38. The fourth-order valence-corrected chi connectivity index (χ4v) is 2.80. The van der Waals surface area contributed by atoms with Gasteiger partial charge in [0.05, 0.1) is 16.3 Å². The van der Waals surface area contributed by atoms with Gasteiger partial charge in [0, 0.05) is 18.6 Å². The lowest BCUT2D eigenvalue weighted by molar-refractivity contribution is -0.141. The highest BCUT2D eigenvalue weighted by atomic mass is 35.5. The monoisotopic (exact) mass is 375 g/mol. The molecule has 0 aromatic carbocycles. The Morgan fingerprint density at radius 1 is 1.13 bits per heavy atom. The van der Waals surface area contributed by atoms with Crippen molar-refractivity contribution in [2.24, 2.45) is 0 Å². The Morgan fingerprint density at radius 2 is 1.83 bits per heavy atom. The summed E-state index contributed by atoms with van der Waals surface area (Å²) in [5, 5.41) is -0.139. The minimum atomic E-state index is -4.57. The zero-order valence-electron chi connectivity index (χ0n) is 11.1. The van der Waals surface area contributed by atoms with Crippen molar-refractivity contribution in [3.05, 3.63) is 41.1 Å². The Hall–Kier alpha value is -1.42. The lowest BCUT2D eigenvalue weighted by atomic mass is 10.3. The summed E-state index contributed by atoms with van der Waals surface area (Å²) in [6.07, 6.45) is -5.96. The number of imidazole rings is 1. The summed E-state index contributed by atoms with van der Waals surface area (Å²) in [6.45, 7) is -1.20. The smallest absolute Gasteiger partial charge is 0.325 e. The third-order valence-corrected chi connectivity index (χ3v) is 4.03. The van der Waals surface area contributed by atoms with Crippen LogP contribution in [0.2, 0.25) is 5.02 Å². The van der Waals surface area contributed by atoms with Crippen molar-refractivity contribution in [1.29, 1.82) is 0 Å². The molecule has 0 spiro atoms. The maximum absolute atomic E-state index is 12.5. The molecule has 0 radical (unpaired) electrons. The van der Waals surface area contributed by atoms with E-state index in [1.165, 1.54) is 12.4 Å². The summed E-state index contributed by atoms with van der Waals surface area (Å²) in [5.74, 6) is 0.103. The third kappa shape index (κ3) is 5.03. The van der Waals surface area contributed by atoms with Crippen molar-refractivity contribution in [3.63, 3.8) is 0 Å². The molecule has 2 heterocycles. The van der Waals surface area contributed by atoms with E-state index in [2.05, 4.69) is 9.97 Å². The molecule has 0 aliphatic heterocycles. The van der Waals surface area contributed by atoms with Crippen LogP contribution in [0, 0.1) is 0 Å². The highest BCUT2D eigenvalue weighted by molar-refractivity contribution is 7.98. The minimum Gasteiger partial charge on any atom is -0.325 e. The quantitative estimate of drug-likeness (QED) is 0.568. The highest BCUT2D eigenvalue weighted by Gasteiger charge is 2.32. The van der Waals surface area contributed by atoms with Crippen LogP contribution in [0.1, 0.15) is 11.4 Å². The van der Waals surface area contributed by atoms with Crippen LogP contribution < -0.4 is 0 Å². The van der Waals surface area contributed by atoms with Crippen LogP contribution in [-0.4, -0.2) is 20.7 Å². The van der Waals surface area contributed by atoms with Crippen LogP contribution in [0.15, 0.2) is 29.7 Å². The summed E-state index contributed by atoms with van der Waals surface area (Å²) in [7, 11) is 0. The molecule has 11 heteroatoms. The maximum Gasteiger partial charge on any atom is 0.417 e. The van der Waals surface area contributed by atoms with E-state index in [0.717, 1.165) is 22.4 Å². The van der Waals surface area contributed by atoms with Gasteiger partial charge in [-0.3, -0.25) is 0 Å². The van der Waals surface area contributed by atoms with E-state index >= 15 is 0 Å². The topological polar surface area (TPSA) is 30.7 Å². The summed E-state index contributed by atoms with van der Waals surface area (Å²) < 4.78 is 75.6. The van der Waals surface area contributed by atoms with Gasteiger partial charge in [-0.1, -0.05) is 23.4 Å². The summed E-state index contributed by atoms with van der Waals surface area (Å²) >= 11 is 6.63. The molecular formula is C12H8ClF6N3S. The fraction of sp³-hybridized carbons (Fsp3) is 0.333. The molecule has 0 amide bonds. The average molecular weight is 376 g/mol. The fourth-order valence-electron chi connectivity index (χ4n) is 1.64. The van der Waals surface area contributed by atoms with Crippen LogP contribution in [0.4, 0.5) is 26.3 Å². The first-order valence-corrected chi connectivity index (χ1v) is 7.35. The number of aromatic nitrogens is 3. The first-order valence-electron chi connectivity index (χ1n) is 5.98. The Balaban J connectivity index is 2.09. The van der Waals surface area contributed by atoms with Gasteiger partial charge in [0.15, 0.2) is 0 Å². The van der Waals surface area contributed by atoms with Crippen LogP contribution >= 0.6 is 23.4 Å². The Bertz CT molecular complexity index is 682. The minimum absolute atomic E-state index is 0.0127. The summed E-state index contributed by atoms with van der Waals surface area (Å²) in [5.41, 5.74) is -0.995. The molecule has 0 N–H and O–H groups in total. The predicted octanol–water partition coefficient (Wildman–Crippen LogP) is 4.80. The lowest BCUT2D eigenvalue weighted by Gasteiger charge is -2.11. The van der Waals surface area contributed by atoms with Crippen LogP contribution in [0.5, 0.6) is 0 Å². The molecular weight excluding hydrogens is 368 g/mol. The second-order valence-corrected chi connectivity index (χ2v) is 5.76. The van der Waals surface area contributed by atoms with Crippen molar-refractivity contribution in [2.45, 2.75) is 29.7 Å². The number of hydrogen-bond donors (Lipinski definition) is 0. The Morgan fingerprint density at radius 3 is 2.39 bits per heavy atom. The van der Waals surface area contributed by atoms with Crippen molar-refractivity contribution < 1.29 is 26.3 Å². The van der Waals surface area contributed by atoms with E-state index < -0.39 is 24.5 Å². The molecule has 0 aliphatic carbocycles. The molecule has 23 heavy (non-hydrogen) atoms. The van der Waals surface area contributed by atoms with Gasteiger partial charge >= 0.3 is 12.4 Å². The molecule has 0 unspecified atom stereocenters. The Labute approximate surface area is 135 Å². The van der Waals surface area contributed by atoms with Gasteiger partial charge in [0.2, 0.25) is 0 Å². The Kier molecular flexibility index (Phi) is 5.14. The molecule has 0 bridgehead atoms. The molecule has 126 valence electrons. The molecule has 0 aliphatic rings. The lowest BCUT2D eigenvalue weighted by Crippen LogP contribution is -2.18. The van der Waals surface area contributed by atoms with Crippen LogP contribution in [0.3, 0.4) is 0 Å². The largest absolute Gasteiger partial charge is 0.417 e. The molecule has 3 nitrogen and oxygen atoms in total. The zero-order chi connectivity index (χ0) is 17.3. The zero-order valence-corrected chi connectivity index (χ0v) is 12.7. The van der Waals surface area contributed by atoms with Gasteiger partial charge in [-0.2, -0.15) is 26.3 Å². The second kappa shape index (κ2) is 6.60. The molecule has 0 atom stereocenters.